The highest BCUT2D eigenvalue weighted by molar-refractivity contribution is 9.10. The second-order valence-electron chi connectivity index (χ2n) is 12.5. The van der Waals surface area contributed by atoms with Gasteiger partial charge in [0.25, 0.3) is 5.92 Å². The Morgan fingerprint density at radius 3 is 2.27 bits per heavy atom. The summed E-state index contributed by atoms with van der Waals surface area (Å²) >= 11 is 3.39. The largest absolute Gasteiger partial charge is 0.493 e. The summed E-state index contributed by atoms with van der Waals surface area (Å²) in [6, 6.07) is 12.0. The smallest absolute Gasteiger partial charge is 0.298 e. The van der Waals surface area contributed by atoms with Crippen molar-refractivity contribution in [3.63, 3.8) is 0 Å². The van der Waals surface area contributed by atoms with E-state index in [1.807, 2.05) is 0 Å². The molecule has 236 valence electrons. The van der Waals surface area contributed by atoms with Crippen molar-refractivity contribution in [3.05, 3.63) is 70.7 Å². The summed E-state index contributed by atoms with van der Waals surface area (Å²) in [6.45, 7) is 0.553. The van der Waals surface area contributed by atoms with E-state index in [-0.39, 0.29) is 23.0 Å². The van der Waals surface area contributed by atoms with Gasteiger partial charge in [0.05, 0.1) is 11.5 Å². The average molecular weight is 691 g/mol. The molecule has 3 aliphatic rings. The molecular weight excluding hydrogens is 652 g/mol. The maximum absolute atomic E-state index is 16.5. The number of benzene rings is 3. The zero-order valence-electron chi connectivity index (χ0n) is 24.4. The minimum Gasteiger partial charge on any atom is -0.493 e. The number of carbonyl (C=O) groups is 1. The van der Waals surface area contributed by atoms with Crippen LogP contribution in [0.4, 0.5) is 8.78 Å². The van der Waals surface area contributed by atoms with Crippen LogP contribution in [-0.4, -0.2) is 50.0 Å². The van der Waals surface area contributed by atoms with Gasteiger partial charge in [-0.05, 0) is 97.7 Å². The fraction of sp³-hybridized carbons (Fsp3) is 0.485. The normalized spacial score (nSPS) is 23.5. The monoisotopic (exact) mass is 689 g/mol. The van der Waals surface area contributed by atoms with Crippen molar-refractivity contribution < 1.29 is 26.7 Å². The Morgan fingerprint density at radius 1 is 0.955 bits per heavy atom. The Balaban J connectivity index is 1.28. The quantitative estimate of drug-likeness (QED) is 0.268. The number of halogens is 3. The molecule has 1 amide bonds. The molecule has 2 bridgehead atoms. The summed E-state index contributed by atoms with van der Waals surface area (Å²) in [6.07, 6.45) is 8.14. The number of nitrogens with zero attached hydrogens (tertiary/aromatic N) is 1. The molecular formula is C33H38BrF2N3O4S. The van der Waals surface area contributed by atoms with E-state index >= 15 is 8.78 Å². The standard InChI is InChI=1S/C33H38BrF2N3O4S/c34-25-9-7-22-16-24(8-6-23(22)17-25)33(35,36)31(32(40)39-27-10-11-28(39)19-26(37)18-27)38-44(41,42)30-14-12-29(13-15-30)43-20-21-4-2-1-3-5-21/h6-9,12-17,21,26-28,31,38H,1-5,10-11,18-20,37H2/t26?,27?,28?,31-/m1/s1. The number of sulfonamides is 1. The summed E-state index contributed by atoms with van der Waals surface area (Å²) in [4.78, 5) is 15.3. The molecule has 3 aromatic carbocycles. The molecule has 0 aromatic heterocycles. The molecule has 11 heteroatoms. The first-order valence-electron chi connectivity index (χ1n) is 15.4. The van der Waals surface area contributed by atoms with E-state index in [9.17, 15) is 13.2 Å². The molecule has 2 saturated heterocycles. The SMILES string of the molecule is NC1CC2CCC(C1)N2C(=O)[C@@H](NS(=O)(=O)c1ccc(OCC2CCCCC2)cc1)C(F)(F)c1ccc2cc(Br)ccc2c1. The topological polar surface area (TPSA) is 102 Å². The third kappa shape index (κ3) is 6.52. The van der Waals surface area contributed by atoms with Gasteiger partial charge in [-0.15, -0.1) is 0 Å². The number of alkyl halides is 2. The lowest BCUT2D eigenvalue weighted by atomic mass is 9.90. The number of carbonyl (C=O) groups excluding carboxylic acids is 1. The van der Waals surface area contributed by atoms with Gasteiger partial charge >= 0.3 is 0 Å². The van der Waals surface area contributed by atoms with Gasteiger partial charge in [-0.25, -0.2) is 8.42 Å². The number of nitrogens with two attached hydrogens (primary N) is 1. The minimum atomic E-state index is -4.52. The molecule has 3 fully saturated rings. The fourth-order valence-corrected chi connectivity index (χ4v) is 8.67. The van der Waals surface area contributed by atoms with Crippen LogP contribution in [0.1, 0.15) is 63.4 Å². The number of amides is 1. The molecule has 0 radical (unpaired) electrons. The first-order valence-corrected chi connectivity index (χ1v) is 17.7. The molecule has 3 N–H and O–H groups in total. The number of hydrogen-bond donors (Lipinski definition) is 2. The van der Waals surface area contributed by atoms with E-state index in [4.69, 9.17) is 10.5 Å². The average Bonchev–Trinajstić information content (AvgIpc) is 3.29. The molecule has 1 aliphatic carbocycles. The van der Waals surface area contributed by atoms with Crippen LogP contribution in [0.3, 0.4) is 0 Å². The predicted molar refractivity (Wildman–Crippen MR) is 169 cm³/mol. The van der Waals surface area contributed by atoms with Crippen LogP contribution >= 0.6 is 15.9 Å². The molecule has 2 aliphatic heterocycles. The van der Waals surface area contributed by atoms with Gasteiger partial charge in [-0.2, -0.15) is 13.5 Å². The van der Waals surface area contributed by atoms with Crippen molar-refractivity contribution >= 4 is 42.6 Å². The van der Waals surface area contributed by atoms with Crippen molar-refractivity contribution in [2.75, 3.05) is 6.61 Å². The highest BCUT2D eigenvalue weighted by Crippen LogP contribution is 2.40. The number of fused-ring (bicyclic) bond motifs is 3. The van der Waals surface area contributed by atoms with Crippen molar-refractivity contribution in [2.45, 2.75) is 92.8 Å². The van der Waals surface area contributed by atoms with Crippen LogP contribution in [0.5, 0.6) is 5.75 Å². The second kappa shape index (κ2) is 12.7. The van der Waals surface area contributed by atoms with Crippen LogP contribution in [-0.2, 0) is 20.7 Å². The molecule has 44 heavy (non-hydrogen) atoms. The molecule has 6 rings (SSSR count). The first-order chi connectivity index (χ1) is 21.0. The Morgan fingerprint density at radius 2 is 1.59 bits per heavy atom. The van der Waals surface area contributed by atoms with Crippen molar-refractivity contribution in [2.24, 2.45) is 11.7 Å². The second-order valence-corrected chi connectivity index (χ2v) is 15.2. The Hall–Kier alpha value is -2.60. The van der Waals surface area contributed by atoms with Crippen LogP contribution in [0, 0.1) is 5.92 Å². The van der Waals surface area contributed by atoms with Crippen molar-refractivity contribution in [1.82, 2.24) is 9.62 Å². The number of ether oxygens (including phenoxy) is 1. The van der Waals surface area contributed by atoms with Gasteiger partial charge in [0.2, 0.25) is 15.9 Å². The van der Waals surface area contributed by atoms with Gasteiger partial charge in [-0.3, -0.25) is 4.79 Å². The van der Waals surface area contributed by atoms with Crippen molar-refractivity contribution in [3.8, 4) is 5.75 Å². The number of hydrogen-bond acceptors (Lipinski definition) is 5. The van der Waals surface area contributed by atoms with Gasteiger partial charge in [-0.1, -0.05) is 53.4 Å². The number of nitrogens with one attached hydrogen (secondary N) is 1. The lowest BCUT2D eigenvalue weighted by Crippen LogP contribution is -2.60. The third-order valence-electron chi connectivity index (χ3n) is 9.44. The Kier molecular flexibility index (Phi) is 9.03. The highest BCUT2D eigenvalue weighted by atomic mass is 79.9. The van der Waals surface area contributed by atoms with Gasteiger partial charge in [0.15, 0.2) is 6.04 Å². The third-order valence-corrected chi connectivity index (χ3v) is 11.4. The van der Waals surface area contributed by atoms with Gasteiger partial charge in [0.1, 0.15) is 5.75 Å². The molecule has 3 aromatic rings. The van der Waals surface area contributed by atoms with E-state index in [1.165, 1.54) is 60.6 Å². The minimum absolute atomic E-state index is 0.120. The molecule has 7 nitrogen and oxygen atoms in total. The summed E-state index contributed by atoms with van der Waals surface area (Å²) in [7, 11) is -4.52. The lowest BCUT2D eigenvalue weighted by Gasteiger charge is -2.41. The highest BCUT2D eigenvalue weighted by Gasteiger charge is 2.53. The van der Waals surface area contributed by atoms with Crippen LogP contribution in [0.25, 0.3) is 10.8 Å². The molecule has 1 saturated carbocycles. The van der Waals surface area contributed by atoms with Gasteiger partial charge in [0, 0.05) is 28.2 Å². The van der Waals surface area contributed by atoms with E-state index < -0.39 is 33.5 Å². The fourth-order valence-electron chi connectivity index (χ4n) is 7.10. The van der Waals surface area contributed by atoms with E-state index in [0.29, 0.717) is 49.3 Å². The molecule has 2 heterocycles. The maximum atomic E-state index is 16.5. The zero-order valence-corrected chi connectivity index (χ0v) is 26.8. The Labute approximate surface area is 265 Å². The van der Waals surface area contributed by atoms with E-state index in [0.717, 1.165) is 22.7 Å². The van der Waals surface area contributed by atoms with Gasteiger partial charge < -0.3 is 15.4 Å². The summed E-state index contributed by atoms with van der Waals surface area (Å²) in [5.41, 5.74) is 5.73. The number of rotatable bonds is 9. The molecule has 0 spiro atoms. The maximum Gasteiger partial charge on any atom is 0.298 e. The summed E-state index contributed by atoms with van der Waals surface area (Å²) in [5, 5.41) is 1.28. The first kappa shape index (κ1) is 31.4. The summed E-state index contributed by atoms with van der Waals surface area (Å²) in [5.74, 6) is -3.80. The van der Waals surface area contributed by atoms with E-state index in [1.54, 1.807) is 24.3 Å². The van der Waals surface area contributed by atoms with Crippen molar-refractivity contribution in [1.29, 1.82) is 0 Å². The number of piperidine rings is 1. The van der Waals surface area contributed by atoms with Crippen LogP contribution in [0.2, 0.25) is 0 Å². The molecule has 3 atom stereocenters. The lowest BCUT2D eigenvalue weighted by molar-refractivity contribution is -0.148. The summed E-state index contributed by atoms with van der Waals surface area (Å²) < 4.78 is 69.2. The predicted octanol–water partition coefficient (Wildman–Crippen LogP) is 6.48. The van der Waals surface area contributed by atoms with E-state index in [2.05, 4.69) is 20.7 Å². The molecule has 2 unspecified atom stereocenters. The Bertz CT molecular complexity index is 1600. The van der Waals surface area contributed by atoms with Crippen LogP contribution in [0.15, 0.2) is 70.0 Å². The van der Waals surface area contributed by atoms with Crippen LogP contribution < -0.4 is 15.2 Å². The zero-order chi connectivity index (χ0) is 31.1.